The largest absolute Gasteiger partial charge is 0.325 e. The van der Waals surface area contributed by atoms with Gasteiger partial charge >= 0.3 is 0 Å². The summed E-state index contributed by atoms with van der Waals surface area (Å²) in [5.74, 6) is 0.714. The molecule has 5 heteroatoms. The number of hydrogen-bond donors (Lipinski definition) is 2. The van der Waals surface area contributed by atoms with Crippen LogP contribution in [0.15, 0.2) is 59.4 Å². The number of benzene rings is 2. The third kappa shape index (κ3) is 3.50. The van der Waals surface area contributed by atoms with Gasteiger partial charge in [-0.15, -0.1) is 0 Å². The molecule has 1 aliphatic rings. The minimum absolute atomic E-state index is 0.103. The van der Waals surface area contributed by atoms with Crippen LogP contribution in [-0.4, -0.2) is 23.1 Å². The van der Waals surface area contributed by atoms with Crippen molar-refractivity contribution in [3.05, 3.63) is 81.4 Å². The quantitative estimate of drug-likeness (QED) is 0.760. The fourth-order valence-corrected chi connectivity index (χ4v) is 3.51. The zero-order valence-corrected chi connectivity index (χ0v) is 14.5. The van der Waals surface area contributed by atoms with Crippen LogP contribution in [0.3, 0.4) is 0 Å². The number of fused-ring (bicyclic) bond motifs is 1. The second-order valence-electron chi connectivity index (χ2n) is 6.40. The van der Waals surface area contributed by atoms with E-state index >= 15 is 0 Å². The Bertz CT molecular complexity index is 995. The Kier molecular flexibility index (Phi) is 4.38. The molecule has 0 bridgehead atoms. The van der Waals surface area contributed by atoms with Crippen molar-refractivity contribution in [2.24, 2.45) is 0 Å². The van der Waals surface area contributed by atoms with Crippen molar-refractivity contribution in [2.45, 2.75) is 13.0 Å². The molecule has 0 fully saturated rings. The molecule has 3 aromatic rings. The first-order valence-electron chi connectivity index (χ1n) is 8.45. The second-order valence-corrected chi connectivity index (χ2v) is 6.84. The number of H-pyrrole nitrogens is 1. The summed E-state index contributed by atoms with van der Waals surface area (Å²) in [5, 5.41) is 1.17. The summed E-state index contributed by atoms with van der Waals surface area (Å²) in [7, 11) is 0. The van der Waals surface area contributed by atoms with Crippen LogP contribution in [0.5, 0.6) is 0 Å². The van der Waals surface area contributed by atoms with Crippen LogP contribution in [0.2, 0.25) is 5.02 Å². The van der Waals surface area contributed by atoms with E-state index < -0.39 is 0 Å². The van der Waals surface area contributed by atoms with Crippen molar-refractivity contribution in [1.29, 1.82) is 0 Å². The number of nitrogens with zero attached hydrogens (tertiary/aromatic N) is 1. The maximum absolute atomic E-state index is 12.2. The Balaban J connectivity index is 1.53. The van der Waals surface area contributed by atoms with Crippen molar-refractivity contribution in [3.63, 3.8) is 0 Å². The van der Waals surface area contributed by atoms with Gasteiger partial charge < -0.3 is 9.88 Å². The van der Waals surface area contributed by atoms with Crippen LogP contribution < -0.4 is 10.5 Å². The van der Waals surface area contributed by atoms with Gasteiger partial charge in [-0.25, -0.2) is 4.98 Å². The lowest BCUT2D eigenvalue weighted by molar-refractivity contribution is -0.909. The Hall–Kier alpha value is -2.43. The molecule has 4 nitrogen and oxygen atoms in total. The highest BCUT2D eigenvalue weighted by Gasteiger charge is 2.17. The number of hydrogen-bond acceptors (Lipinski definition) is 2. The molecular formula is C20H19ClN3O+. The molecule has 126 valence electrons. The van der Waals surface area contributed by atoms with E-state index in [0.717, 1.165) is 19.5 Å². The SMILES string of the molecule is O=c1[nH]c(C[NH+]2CC=C(c3ccccc3)CC2)nc2cc(Cl)ccc12. The molecule has 2 heterocycles. The van der Waals surface area contributed by atoms with Crippen LogP contribution in [0.4, 0.5) is 0 Å². The van der Waals surface area contributed by atoms with Gasteiger partial charge in [0.05, 0.1) is 24.0 Å². The van der Waals surface area contributed by atoms with Crippen LogP contribution in [0, 0.1) is 0 Å². The summed E-state index contributed by atoms with van der Waals surface area (Å²) in [4.78, 5) is 21.1. The van der Waals surface area contributed by atoms with E-state index in [0.29, 0.717) is 28.3 Å². The van der Waals surface area contributed by atoms with E-state index in [4.69, 9.17) is 11.6 Å². The summed E-state index contributed by atoms with van der Waals surface area (Å²) in [6.45, 7) is 2.66. The number of rotatable bonds is 3. The van der Waals surface area contributed by atoms with E-state index in [9.17, 15) is 4.79 Å². The highest BCUT2D eigenvalue weighted by atomic mass is 35.5. The predicted octanol–water partition coefficient (Wildman–Crippen LogP) is 2.45. The summed E-state index contributed by atoms with van der Waals surface area (Å²) in [5.41, 5.74) is 3.25. The maximum Gasteiger partial charge on any atom is 0.258 e. The topological polar surface area (TPSA) is 50.2 Å². The monoisotopic (exact) mass is 352 g/mol. The van der Waals surface area contributed by atoms with Crippen molar-refractivity contribution in [3.8, 4) is 0 Å². The molecule has 0 amide bonds. The molecule has 1 aliphatic heterocycles. The zero-order valence-electron chi connectivity index (χ0n) is 13.8. The maximum atomic E-state index is 12.2. The number of quaternary nitrogens is 1. The van der Waals surface area contributed by atoms with E-state index in [1.165, 1.54) is 16.0 Å². The lowest BCUT2D eigenvalue weighted by Crippen LogP contribution is -3.11. The van der Waals surface area contributed by atoms with E-state index in [-0.39, 0.29) is 5.56 Å². The van der Waals surface area contributed by atoms with Crippen molar-refractivity contribution in [2.75, 3.05) is 13.1 Å². The van der Waals surface area contributed by atoms with Gasteiger partial charge in [-0.05, 0) is 35.4 Å². The van der Waals surface area contributed by atoms with Gasteiger partial charge in [0, 0.05) is 11.4 Å². The first-order chi connectivity index (χ1) is 12.2. The Labute approximate surface area is 150 Å². The van der Waals surface area contributed by atoms with Crippen molar-refractivity contribution >= 4 is 28.1 Å². The van der Waals surface area contributed by atoms with Crippen LogP contribution in [0.25, 0.3) is 16.5 Å². The lowest BCUT2D eigenvalue weighted by Gasteiger charge is -2.23. The number of aromatic amines is 1. The van der Waals surface area contributed by atoms with Gasteiger partial charge in [0.2, 0.25) is 0 Å². The van der Waals surface area contributed by atoms with Gasteiger partial charge in [0.15, 0.2) is 5.82 Å². The summed E-state index contributed by atoms with van der Waals surface area (Å²) in [6.07, 6.45) is 3.33. The number of nitrogens with one attached hydrogen (secondary N) is 2. The van der Waals surface area contributed by atoms with Gasteiger partial charge in [-0.2, -0.15) is 0 Å². The smallest absolute Gasteiger partial charge is 0.258 e. The van der Waals surface area contributed by atoms with Gasteiger partial charge in [0.1, 0.15) is 6.54 Å². The third-order valence-corrected chi connectivity index (χ3v) is 4.90. The minimum Gasteiger partial charge on any atom is -0.325 e. The average molecular weight is 353 g/mol. The summed E-state index contributed by atoms with van der Waals surface area (Å²) in [6, 6.07) is 15.7. The minimum atomic E-state index is -0.103. The fraction of sp³-hybridized carbons (Fsp3) is 0.200. The first-order valence-corrected chi connectivity index (χ1v) is 8.83. The van der Waals surface area contributed by atoms with Crippen LogP contribution >= 0.6 is 11.6 Å². The highest BCUT2D eigenvalue weighted by Crippen LogP contribution is 2.18. The Morgan fingerprint density at radius 2 is 2.00 bits per heavy atom. The molecule has 25 heavy (non-hydrogen) atoms. The van der Waals surface area contributed by atoms with E-state index in [2.05, 4.69) is 40.3 Å². The Morgan fingerprint density at radius 3 is 2.76 bits per heavy atom. The van der Waals surface area contributed by atoms with Crippen LogP contribution in [0.1, 0.15) is 17.8 Å². The van der Waals surface area contributed by atoms with Gasteiger partial charge in [0.25, 0.3) is 5.56 Å². The zero-order chi connectivity index (χ0) is 17.2. The predicted molar refractivity (Wildman–Crippen MR) is 101 cm³/mol. The lowest BCUT2D eigenvalue weighted by atomic mass is 10.00. The molecule has 1 unspecified atom stereocenters. The molecule has 1 aromatic heterocycles. The normalized spacial score (nSPS) is 17.5. The average Bonchev–Trinajstić information content (AvgIpc) is 2.63. The van der Waals surface area contributed by atoms with Crippen molar-refractivity contribution < 1.29 is 4.90 Å². The van der Waals surface area contributed by atoms with Gasteiger partial charge in [-0.1, -0.05) is 41.9 Å². The molecule has 0 radical (unpaired) electrons. The first kappa shape index (κ1) is 16.1. The molecular weight excluding hydrogens is 334 g/mol. The second kappa shape index (κ2) is 6.82. The van der Waals surface area contributed by atoms with Gasteiger partial charge in [-0.3, -0.25) is 4.79 Å². The molecule has 0 spiro atoms. The molecule has 2 aromatic carbocycles. The van der Waals surface area contributed by atoms with E-state index in [1.54, 1.807) is 18.2 Å². The molecule has 4 rings (SSSR count). The third-order valence-electron chi connectivity index (χ3n) is 4.66. The van der Waals surface area contributed by atoms with Crippen LogP contribution in [-0.2, 0) is 6.54 Å². The molecule has 0 aliphatic carbocycles. The highest BCUT2D eigenvalue weighted by molar-refractivity contribution is 6.31. The van der Waals surface area contributed by atoms with E-state index in [1.807, 2.05) is 6.07 Å². The molecule has 0 saturated carbocycles. The molecule has 2 N–H and O–H groups in total. The molecule has 0 saturated heterocycles. The fourth-order valence-electron chi connectivity index (χ4n) is 3.34. The summed E-state index contributed by atoms with van der Waals surface area (Å²) >= 11 is 6.02. The summed E-state index contributed by atoms with van der Waals surface area (Å²) < 4.78 is 0. The Morgan fingerprint density at radius 1 is 1.16 bits per heavy atom. The molecule has 1 atom stereocenters. The van der Waals surface area contributed by atoms with Crippen molar-refractivity contribution in [1.82, 2.24) is 9.97 Å². The number of halogens is 1. The standard InChI is InChI=1S/C20H18ClN3O/c21-16-6-7-17-18(12-16)22-19(23-20(17)25)13-24-10-8-15(9-11-24)14-4-2-1-3-5-14/h1-8,12H,9-11,13H2,(H,22,23,25)/p+1. The number of aromatic nitrogens is 2.